The number of nitrogens with one attached hydrogen (secondary N) is 1. The van der Waals surface area contributed by atoms with E-state index in [1.807, 2.05) is 0 Å². The molecule has 0 aromatic heterocycles. The van der Waals surface area contributed by atoms with Crippen molar-refractivity contribution in [1.82, 2.24) is 5.32 Å². The third-order valence-corrected chi connectivity index (χ3v) is 4.11. The summed E-state index contributed by atoms with van der Waals surface area (Å²) in [5.41, 5.74) is -0.691. The second-order valence-electron chi connectivity index (χ2n) is 4.02. The molecule has 1 atom stereocenters. The highest BCUT2D eigenvalue weighted by Gasteiger charge is 2.30. The normalized spacial score (nSPS) is 18.1. The second kappa shape index (κ2) is 5.84. The third kappa shape index (κ3) is 3.60. The van der Waals surface area contributed by atoms with E-state index in [0.29, 0.717) is 0 Å². The Kier molecular flexibility index (Phi) is 4.30. The molecule has 1 aromatic carbocycles. The Labute approximate surface area is 124 Å². The molecule has 1 N–H and O–H groups in total. The zero-order valence-corrected chi connectivity index (χ0v) is 11.9. The molecule has 0 saturated carbocycles. The Morgan fingerprint density at radius 2 is 2.24 bits per heavy atom. The van der Waals surface area contributed by atoms with Crippen molar-refractivity contribution in [3.05, 3.63) is 33.3 Å². The molecule has 11 heteroatoms. The fourth-order valence-electron chi connectivity index (χ4n) is 1.60. The fourth-order valence-corrected chi connectivity index (χ4v) is 2.85. The van der Waals surface area contributed by atoms with Crippen LogP contribution in [0.1, 0.15) is 0 Å². The molecule has 1 aliphatic rings. The number of carbonyl (C=O) groups is 1. The Balaban J connectivity index is 2.19. The topological polar surface area (TPSA) is 125 Å². The Hall–Kier alpha value is -1.91. The Morgan fingerprint density at radius 1 is 1.52 bits per heavy atom. The van der Waals surface area contributed by atoms with Gasteiger partial charge in [-0.2, -0.15) is 8.42 Å². The van der Waals surface area contributed by atoms with Crippen molar-refractivity contribution >= 4 is 33.5 Å². The SMILES string of the molecule is O=C1NCC(COS(=O)(=O)c2ccc(Cl)cc2[N+](=O)[O-])O1. The number of nitro benzene ring substituents is 1. The minimum Gasteiger partial charge on any atom is -0.442 e. The van der Waals surface area contributed by atoms with E-state index < -0.39 is 44.4 Å². The number of rotatable bonds is 5. The molecule has 1 saturated heterocycles. The highest BCUT2D eigenvalue weighted by atomic mass is 35.5. The van der Waals surface area contributed by atoms with E-state index in [-0.39, 0.29) is 11.6 Å². The monoisotopic (exact) mass is 336 g/mol. The van der Waals surface area contributed by atoms with Gasteiger partial charge < -0.3 is 10.1 Å². The maximum atomic E-state index is 12.0. The number of alkyl carbamates (subject to hydrolysis) is 1. The van der Waals surface area contributed by atoms with Gasteiger partial charge in [-0.3, -0.25) is 14.3 Å². The van der Waals surface area contributed by atoms with Crippen molar-refractivity contribution in [1.29, 1.82) is 0 Å². The van der Waals surface area contributed by atoms with Crippen molar-refractivity contribution in [2.75, 3.05) is 13.2 Å². The summed E-state index contributed by atoms with van der Waals surface area (Å²) >= 11 is 5.60. The van der Waals surface area contributed by atoms with Crippen LogP contribution in [0.4, 0.5) is 10.5 Å². The molecule has 1 heterocycles. The molecule has 0 bridgehead atoms. The van der Waals surface area contributed by atoms with Crippen LogP contribution in [0.3, 0.4) is 0 Å². The van der Waals surface area contributed by atoms with Crippen LogP contribution in [0.25, 0.3) is 0 Å². The summed E-state index contributed by atoms with van der Waals surface area (Å²) in [6.45, 7) is -0.349. The average Bonchev–Trinajstić information content (AvgIpc) is 2.82. The average molecular weight is 337 g/mol. The zero-order chi connectivity index (χ0) is 15.6. The molecular weight excluding hydrogens is 328 g/mol. The number of benzene rings is 1. The van der Waals surface area contributed by atoms with E-state index in [4.69, 9.17) is 16.3 Å². The molecule has 0 radical (unpaired) electrons. The summed E-state index contributed by atoms with van der Waals surface area (Å²) < 4.78 is 33.3. The first-order valence-corrected chi connectivity index (χ1v) is 7.36. The van der Waals surface area contributed by atoms with Gasteiger partial charge >= 0.3 is 16.2 Å². The molecule has 2 rings (SSSR count). The lowest BCUT2D eigenvalue weighted by Crippen LogP contribution is -2.23. The largest absolute Gasteiger partial charge is 0.442 e. The van der Waals surface area contributed by atoms with Gasteiger partial charge in [-0.1, -0.05) is 11.6 Å². The van der Waals surface area contributed by atoms with Gasteiger partial charge in [0, 0.05) is 11.1 Å². The molecule has 1 amide bonds. The highest BCUT2D eigenvalue weighted by Crippen LogP contribution is 2.28. The summed E-state index contributed by atoms with van der Waals surface area (Å²) in [4.78, 5) is 20.2. The Morgan fingerprint density at radius 3 is 2.81 bits per heavy atom. The molecule has 1 aromatic rings. The molecule has 9 nitrogen and oxygen atoms in total. The van der Waals surface area contributed by atoms with E-state index >= 15 is 0 Å². The van der Waals surface area contributed by atoms with Gasteiger partial charge in [0.15, 0.2) is 4.90 Å². The van der Waals surface area contributed by atoms with E-state index in [9.17, 15) is 23.3 Å². The Bertz CT molecular complexity index is 691. The lowest BCUT2D eigenvalue weighted by Gasteiger charge is -2.09. The summed E-state index contributed by atoms with van der Waals surface area (Å²) in [5, 5.41) is 13.2. The molecule has 1 aliphatic heterocycles. The number of cyclic esters (lactones) is 1. The smallest absolute Gasteiger partial charge is 0.407 e. The van der Waals surface area contributed by atoms with Gasteiger partial charge in [-0.05, 0) is 12.1 Å². The van der Waals surface area contributed by atoms with Gasteiger partial charge in [-0.15, -0.1) is 0 Å². The predicted octanol–water partition coefficient (Wildman–Crippen LogP) is 1.06. The van der Waals surface area contributed by atoms with Crippen molar-refractivity contribution in [2.45, 2.75) is 11.0 Å². The summed E-state index contributed by atoms with van der Waals surface area (Å²) in [7, 11) is -4.38. The minimum absolute atomic E-state index is 0.0228. The van der Waals surface area contributed by atoms with Crippen LogP contribution in [0.5, 0.6) is 0 Å². The van der Waals surface area contributed by atoms with E-state index in [2.05, 4.69) is 9.50 Å². The quantitative estimate of drug-likeness (QED) is 0.484. The van der Waals surface area contributed by atoms with Gasteiger partial charge in [0.1, 0.15) is 12.7 Å². The second-order valence-corrected chi connectivity index (χ2v) is 6.04. The third-order valence-electron chi connectivity index (χ3n) is 2.54. The van der Waals surface area contributed by atoms with Crippen molar-refractivity contribution in [3.63, 3.8) is 0 Å². The van der Waals surface area contributed by atoms with Crippen LogP contribution in [-0.2, 0) is 19.0 Å². The first kappa shape index (κ1) is 15.5. The maximum Gasteiger partial charge on any atom is 0.407 e. The first-order chi connectivity index (χ1) is 9.79. The van der Waals surface area contributed by atoms with Crippen LogP contribution in [-0.4, -0.2) is 38.7 Å². The predicted molar refractivity (Wildman–Crippen MR) is 69.5 cm³/mol. The maximum absolute atomic E-state index is 12.0. The van der Waals surface area contributed by atoms with E-state index in [0.717, 1.165) is 12.1 Å². The molecule has 0 aliphatic carbocycles. The van der Waals surface area contributed by atoms with E-state index in [1.54, 1.807) is 0 Å². The number of nitrogens with zero attached hydrogens (tertiary/aromatic N) is 1. The summed E-state index contributed by atoms with van der Waals surface area (Å²) in [6, 6.07) is 3.09. The van der Waals surface area contributed by atoms with Crippen molar-refractivity contribution in [2.24, 2.45) is 0 Å². The lowest BCUT2D eigenvalue weighted by molar-refractivity contribution is -0.387. The lowest BCUT2D eigenvalue weighted by atomic mass is 10.3. The molecule has 21 heavy (non-hydrogen) atoms. The van der Waals surface area contributed by atoms with E-state index in [1.165, 1.54) is 6.07 Å². The van der Waals surface area contributed by atoms with Crippen LogP contribution in [0, 0.1) is 10.1 Å². The summed E-state index contributed by atoms with van der Waals surface area (Å²) in [5.74, 6) is 0. The van der Waals surface area contributed by atoms with Crippen LogP contribution >= 0.6 is 11.6 Å². The van der Waals surface area contributed by atoms with Crippen LogP contribution in [0.2, 0.25) is 5.02 Å². The molecule has 1 fully saturated rings. The zero-order valence-electron chi connectivity index (χ0n) is 10.3. The van der Waals surface area contributed by atoms with Crippen LogP contribution < -0.4 is 5.32 Å². The number of hydrogen-bond donors (Lipinski definition) is 1. The van der Waals surface area contributed by atoms with Gasteiger partial charge in [0.2, 0.25) is 0 Å². The number of carbonyl (C=O) groups excluding carboxylic acids is 1. The minimum atomic E-state index is -4.38. The van der Waals surface area contributed by atoms with Crippen LogP contribution in [0.15, 0.2) is 23.1 Å². The molecular formula is C10H9ClN2O7S. The standard InChI is InChI=1S/C10H9ClN2O7S/c11-6-1-2-9(8(3-6)13(15)16)21(17,18)19-5-7-4-12-10(14)20-7/h1-3,7H,4-5H2,(H,12,14). The number of ether oxygens (including phenoxy) is 1. The first-order valence-electron chi connectivity index (χ1n) is 5.57. The summed E-state index contributed by atoms with van der Waals surface area (Å²) in [6.07, 6.45) is -1.46. The van der Waals surface area contributed by atoms with Crippen molar-refractivity contribution in [3.8, 4) is 0 Å². The molecule has 114 valence electrons. The number of halogens is 1. The van der Waals surface area contributed by atoms with Gasteiger partial charge in [0.25, 0.3) is 5.69 Å². The van der Waals surface area contributed by atoms with Gasteiger partial charge in [-0.25, -0.2) is 4.79 Å². The fraction of sp³-hybridized carbons (Fsp3) is 0.300. The highest BCUT2D eigenvalue weighted by molar-refractivity contribution is 7.87. The molecule has 1 unspecified atom stereocenters. The number of amides is 1. The van der Waals surface area contributed by atoms with Crippen molar-refractivity contribution < 1.29 is 27.1 Å². The number of nitro groups is 1. The molecule has 0 spiro atoms. The van der Waals surface area contributed by atoms with Gasteiger partial charge in [0.05, 0.1) is 11.5 Å². The number of hydrogen-bond acceptors (Lipinski definition) is 7.